The molecule has 0 atom stereocenters. The highest BCUT2D eigenvalue weighted by molar-refractivity contribution is 5.93. The highest BCUT2D eigenvalue weighted by atomic mass is 16.5. The highest BCUT2D eigenvalue weighted by Gasteiger charge is 2.12. The normalized spacial score (nSPS) is 10.5. The number of carbonyl (C=O) groups is 1. The number of carbonyl (C=O) groups excluding carboxylic acids is 1. The maximum absolute atomic E-state index is 12.4. The van der Waals surface area contributed by atoms with E-state index in [1.165, 1.54) is 0 Å². The fourth-order valence-electron chi connectivity index (χ4n) is 2.79. The average Bonchev–Trinajstić information content (AvgIpc) is 2.98. The van der Waals surface area contributed by atoms with E-state index in [-0.39, 0.29) is 12.3 Å². The molecule has 3 aromatic rings. The molecule has 140 valence electrons. The molecule has 0 saturated carbocycles. The number of nitrogens with one attached hydrogen (secondary N) is 1. The van der Waals surface area contributed by atoms with Gasteiger partial charge in [0.25, 0.3) is 0 Å². The molecule has 0 fully saturated rings. The largest absolute Gasteiger partial charge is 0.496 e. The van der Waals surface area contributed by atoms with Crippen molar-refractivity contribution in [3.8, 4) is 11.5 Å². The smallest absolute Gasteiger partial charge is 0.229 e. The Balaban J connectivity index is 1.65. The van der Waals surface area contributed by atoms with Gasteiger partial charge >= 0.3 is 0 Å². The summed E-state index contributed by atoms with van der Waals surface area (Å²) >= 11 is 0. The molecular formula is C21H23N3O3. The lowest BCUT2D eigenvalue weighted by Crippen LogP contribution is -2.15. The summed E-state index contributed by atoms with van der Waals surface area (Å²) in [5.41, 5.74) is 3.38. The molecule has 0 radical (unpaired) electrons. The van der Waals surface area contributed by atoms with Crippen LogP contribution in [0.15, 0.2) is 54.7 Å². The number of rotatable bonds is 7. The second-order valence-corrected chi connectivity index (χ2v) is 6.27. The number of benzene rings is 2. The van der Waals surface area contributed by atoms with Gasteiger partial charge < -0.3 is 14.8 Å². The predicted octanol–water partition coefficient (Wildman–Crippen LogP) is 3.50. The van der Waals surface area contributed by atoms with Gasteiger partial charge in [-0.05, 0) is 18.6 Å². The Labute approximate surface area is 158 Å². The number of hydrogen-bond donors (Lipinski definition) is 1. The van der Waals surface area contributed by atoms with Gasteiger partial charge in [0.1, 0.15) is 18.1 Å². The Morgan fingerprint density at radius 1 is 1.19 bits per heavy atom. The van der Waals surface area contributed by atoms with Crippen molar-refractivity contribution in [1.82, 2.24) is 9.78 Å². The van der Waals surface area contributed by atoms with Crippen LogP contribution in [0.2, 0.25) is 0 Å². The topological polar surface area (TPSA) is 65.4 Å². The summed E-state index contributed by atoms with van der Waals surface area (Å²) in [7, 11) is 3.41. The second kappa shape index (κ2) is 8.40. The van der Waals surface area contributed by atoms with Crippen LogP contribution in [0.4, 0.5) is 5.69 Å². The standard InChI is InChI=1S/C21H23N3O3/c1-15-19(13-24(2)23-15)22-21(25)11-17-9-10-18(12-20(17)26-3)27-14-16-7-5-4-6-8-16/h4-10,12-13H,11,14H2,1-3H3,(H,22,25). The minimum absolute atomic E-state index is 0.123. The zero-order valence-electron chi connectivity index (χ0n) is 15.7. The first-order chi connectivity index (χ1) is 13.0. The molecule has 6 nitrogen and oxygen atoms in total. The number of hydrogen-bond acceptors (Lipinski definition) is 4. The van der Waals surface area contributed by atoms with E-state index < -0.39 is 0 Å². The maximum Gasteiger partial charge on any atom is 0.229 e. The number of methoxy groups -OCH3 is 1. The molecule has 0 aliphatic rings. The molecule has 1 aromatic heterocycles. The summed E-state index contributed by atoms with van der Waals surface area (Å²) < 4.78 is 12.9. The Morgan fingerprint density at radius 3 is 2.63 bits per heavy atom. The van der Waals surface area contributed by atoms with Crippen LogP contribution in [-0.2, 0) is 24.9 Å². The molecule has 0 bridgehead atoms. The molecule has 1 N–H and O–H groups in total. The molecule has 1 heterocycles. The third kappa shape index (κ3) is 4.88. The first-order valence-electron chi connectivity index (χ1n) is 8.69. The summed E-state index contributed by atoms with van der Waals surface area (Å²) in [5.74, 6) is 1.20. The Hall–Kier alpha value is -3.28. The molecule has 3 rings (SSSR count). The van der Waals surface area contributed by atoms with Crippen LogP contribution in [0, 0.1) is 6.92 Å². The van der Waals surface area contributed by atoms with Crippen LogP contribution in [0.3, 0.4) is 0 Å². The third-order valence-corrected chi connectivity index (χ3v) is 4.15. The van der Waals surface area contributed by atoms with E-state index in [4.69, 9.17) is 9.47 Å². The van der Waals surface area contributed by atoms with Gasteiger partial charge in [-0.15, -0.1) is 0 Å². The number of aryl methyl sites for hydroxylation is 2. The van der Waals surface area contributed by atoms with Gasteiger partial charge in [0.2, 0.25) is 5.91 Å². The van der Waals surface area contributed by atoms with Crippen molar-refractivity contribution in [2.45, 2.75) is 20.0 Å². The molecule has 0 aliphatic carbocycles. The van der Waals surface area contributed by atoms with E-state index in [1.807, 2.05) is 56.4 Å². The van der Waals surface area contributed by atoms with Crippen LogP contribution in [0.5, 0.6) is 11.5 Å². The number of anilines is 1. The number of ether oxygens (including phenoxy) is 2. The van der Waals surface area contributed by atoms with Crippen LogP contribution in [0.1, 0.15) is 16.8 Å². The summed E-state index contributed by atoms with van der Waals surface area (Å²) in [6.45, 7) is 2.33. The fourth-order valence-corrected chi connectivity index (χ4v) is 2.79. The van der Waals surface area contributed by atoms with Gasteiger partial charge in [-0.3, -0.25) is 9.48 Å². The SMILES string of the molecule is COc1cc(OCc2ccccc2)ccc1CC(=O)Nc1cn(C)nc1C. The lowest BCUT2D eigenvalue weighted by Gasteiger charge is -2.12. The molecular weight excluding hydrogens is 342 g/mol. The zero-order chi connectivity index (χ0) is 19.2. The minimum Gasteiger partial charge on any atom is -0.496 e. The van der Waals surface area contributed by atoms with Crippen molar-refractivity contribution >= 4 is 11.6 Å². The van der Waals surface area contributed by atoms with Gasteiger partial charge in [0.15, 0.2) is 0 Å². The fraction of sp³-hybridized carbons (Fsp3) is 0.238. The number of amides is 1. The van der Waals surface area contributed by atoms with E-state index in [2.05, 4.69) is 10.4 Å². The van der Waals surface area contributed by atoms with E-state index >= 15 is 0 Å². The average molecular weight is 365 g/mol. The van der Waals surface area contributed by atoms with Crippen molar-refractivity contribution in [3.63, 3.8) is 0 Å². The molecule has 0 spiro atoms. The van der Waals surface area contributed by atoms with E-state index in [0.717, 1.165) is 16.8 Å². The van der Waals surface area contributed by atoms with Crippen LogP contribution in [-0.4, -0.2) is 22.8 Å². The van der Waals surface area contributed by atoms with Crippen molar-refractivity contribution in [1.29, 1.82) is 0 Å². The van der Waals surface area contributed by atoms with Gasteiger partial charge in [0, 0.05) is 24.9 Å². The van der Waals surface area contributed by atoms with E-state index in [1.54, 1.807) is 24.1 Å². The van der Waals surface area contributed by atoms with Gasteiger partial charge in [-0.25, -0.2) is 0 Å². The highest BCUT2D eigenvalue weighted by Crippen LogP contribution is 2.26. The lowest BCUT2D eigenvalue weighted by atomic mass is 10.1. The van der Waals surface area contributed by atoms with Crippen molar-refractivity contribution in [2.24, 2.45) is 7.05 Å². The zero-order valence-corrected chi connectivity index (χ0v) is 15.7. The summed E-state index contributed by atoms with van der Waals surface area (Å²) in [5, 5.41) is 7.11. The Morgan fingerprint density at radius 2 is 1.96 bits per heavy atom. The van der Waals surface area contributed by atoms with Crippen LogP contribution < -0.4 is 14.8 Å². The monoisotopic (exact) mass is 365 g/mol. The van der Waals surface area contributed by atoms with Gasteiger partial charge in [-0.1, -0.05) is 36.4 Å². The van der Waals surface area contributed by atoms with Crippen molar-refractivity contribution < 1.29 is 14.3 Å². The van der Waals surface area contributed by atoms with Crippen molar-refractivity contribution in [2.75, 3.05) is 12.4 Å². The summed E-state index contributed by atoms with van der Waals surface area (Å²) in [4.78, 5) is 12.4. The second-order valence-electron chi connectivity index (χ2n) is 6.27. The predicted molar refractivity (Wildman–Crippen MR) is 104 cm³/mol. The molecule has 27 heavy (non-hydrogen) atoms. The minimum atomic E-state index is -0.123. The first kappa shape index (κ1) is 18.5. The first-order valence-corrected chi connectivity index (χ1v) is 8.69. The summed E-state index contributed by atoms with van der Waals surface area (Å²) in [6.07, 6.45) is 1.99. The Kier molecular flexibility index (Phi) is 5.76. The molecule has 1 amide bonds. The van der Waals surface area contributed by atoms with E-state index in [9.17, 15) is 4.79 Å². The summed E-state index contributed by atoms with van der Waals surface area (Å²) in [6, 6.07) is 15.5. The molecule has 6 heteroatoms. The van der Waals surface area contributed by atoms with E-state index in [0.29, 0.717) is 23.8 Å². The van der Waals surface area contributed by atoms with Crippen LogP contribution >= 0.6 is 0 Å². The maximum atomic E-state index is 12.4. The lowest BCUT2D eigenvalue weighted by molar-refractivity contribution is -0.115. The molecule has 0 aliphatic heterocycles. The number of nitrogens with zero attached hydrogens (tertiary/aromatic N) is 2. The van der Waals surface area contributed by atoms with Crippen molar-refractivity contribution in [3.05, 3.63) is 71.5 Å². The number of aromatic nitrogens is 2. The van der Waals surface area contributed by atoms with Crippen LogP contribution in [0.25, 0.3) is 0 Å². The third-order valence-electron chi connectivity index (χ3n) is 4.15. The molecule has 2 aromatic carbocycles. The molecule has 0 saturated heterocycles. The molecule has 0 unspecified atom stereocenters. The Bertz CT molecular complexity index is 920. The van der Waals surface area contributed by atoms with Gasteiger partial charge in [0.05, 0.1) is 24.9 Å². The quantitative estimate of drug-likeness (QED) is 0.696. The van der Waals surface area contributed by atoms with Gasteiger partial charge in [-0.2, -0.15) is 5.10 Å².